The number of carbonyl (C=O) groups is 2. The van der Waals surface area contributed by atoms with Gasteiger partial charge in [0.05, 0.1) is 21.4 Å². The summed E-state index contributed by atoms with van der Waals surface area (Å²) in [6.45, 7) is 1.69. The Bertz CT molecular complexity index is 1210. The predicted octanol–water partition coefficient (Wildman–Crippen LogP) is 5.27. The molecule has 3 aromatic rings. The van der Waals surface area contributed by atoms with E-state index in [2.05, 4.69) is 26.3 Å². The summed E-state index contributed by atoms with van der Waals surface area (Å²) in [5.74, 6) is 0.103. The molecule has 1 heterocycles. The van der Waals surface area contributed by atoms with Gasteiger partial charge < -0.3 is 10.1 Å². The summed E-state index contributed by atoms with van der Waals surface area (Å²) >= 11 is 3.48. The van der Waals surface area contributed by atoms with Gasteiger partial charge in [-0.3, -0.25) is 9.59 Å². The summed E-state index contributed by atoms with van der Waals surface area (Å²) in [4.78, 5) is 25.0. The Hall–Kier alpha value is -3.71. The van der Waals surface area contributed by atoms with Crippen LogP contribution in [0.1, 0.15) is 12.5 Å². The second-order valence-corrected chi connectivity index (χ2v) is 7.94. The van der Waals surface area contributed by atoms with Crippen molar-refractivity contribution in [3.8, 4) is 5.75 Å². The number of rotatable bonds is 6. The number of anilines is 2. The van der Waals surface area contributed by atoms with Crippen molar-refractivity contribution in [3.05, 3.63) is 94.5 Å². The third kappa shape index (κ3) is 4.95. The first-order valence-corrected chi connectivity index (χ1v) is 10.7. The first kappa shape index (κ1) is 21.5. The fourth-order valence-corrected chi connectivity index (χ4v) is 3.69. The van der Waals surface area contributed by atoms with Gasteiger partial charge in [0.1, 0.15) is 5.75 Å². The first-order chi connectivity index (χ1) is 15.5. The summed E-state index contributed by atoms with van der Waals surface area (Å²) in [6.07, 6.45) is 1.79. The minimum Gasteiger partial charge on any atom is -0.483 e. The highest BCUT2D eigenvalue weighted by Gasteiger charge is 2.28. The lowest BCUT2D eigenvalue weighted by Gasteiger charge is -2.11. The quantitative estimate of drug-likeness (QED) is 0.479. The highest BCUT2D eigenvalue weighted by atomic mass is 79.9. The van der Waals surface area contributed by atoms with E-state index >= 15 is 0 Å². The van der Waals surface area contributed by atoms with Gasteiger partial charge in [0.25, 0.3) is 11.8 Å². The van der Waals surface area contributed by atoms with Crippen LogP contribution in [0, 0.1) is 0 Å². The predicted molar refractivity (Wildman–Crippen MR) is 130 cm³/mol. The van der Waals surface area contributed by atoms with E-state index in [9.17, 15) is 9.59 Å². The molecule has 7 heteroatoms. The van der Waals surface area contributed by atoms with Crippen molar-refractivity contribution < 1.29 is 14.3 Å². The molecule has 1 aliphatic rings. The SMILES string of the molecule is CC1=NN(c2ccccc2)C(=O)/C1=C\c1ccc(OCC(=O)Nc2ccccc2)c(Br)c1. The number of hydrogen-bond donors (Lipinski definition) is 1. The lowest BCUT2D eigenvalue weighted by molar-refractivity contribution is -0.118. The molecule has 0 saturated heterocycles. The molecule has 0 fully saturated rings. The van der Waals surface area contributed by atoms with Crippen molar-refractivity contribution in [2.75, 3.05) is 16.9 Å². The zero-order valence-corrected chi connectivity index (χ0v) is 18.9. The van der Waals surface area contributed by atoms with Gasteiger partial charge in [0.15, 0.2) is 6.61 Å². The van der Waals surface area contributed by atoms with Crippen LogP contribution in [0.15, 0.2) is 94.0 Å². The smallest absolute Gasteiger partial charge is 0.280 e. The van der Waals surface area contributed by atoms with Crippen LogP contribution < -0.4 is 15.1 Å². The average Bonchev–Trinajstić information content (AvgIpc) is 3.08. The van der Waals surface area contributed by atoms with Crippen LogP contribution in [0.4, 0.5) is 11.4 Å². The van der Waals surface area contributed by atoms with Gasteiger partial charge in [0.2, 0.25) is 0 Å². The number of hydrazone groups is 1. The fraction of sp³-hybridized carbons (Fsp3) is 0.0800. The third-order valence-electron chi connectivity index (χ3n) is 4.75. The van der Waals surface area contributed by atoms with Crippen molar-refractivity contribution in [1.82, 2.24) is 0 Å². The molecule has 0 spiro atoms. The number of hydrogen-bond acceptors (Lipinski definition) is 4. The Labute approximate surface area is 194 Å². The number of benzene rings is 3. The summed E-state index contributed by atoms with van der Waals surface area (Å²) in [7, 11) is 0. The number of nitrogens with one attached hydrogen (secondary N) is 1. The molecule has 0 radical (unpaired) electrons. The minimum atomic E-state index is -0.251. The molecular weight excluding hydrogens is 470 g/mol. The van der Waals surface area contributed by atoms with Gasteiger partial charge in [-0.25, -0.2) is 0 Å². The van der Waals surface area contributed by atoms with Crippen LogP contribution in [-0.2, 0) is 9.59 Å². The van der Waals surface area contributed by atoms with E-state index in [0.717, 1.165) is 11.3 Å². The second-order valence-electron chi connectivity index (χ2n) is 7.09. The number of amides is 2. The molecule has 0 aromatic heterocycles. The van der Waals surface area contributed by atoms with Gasteiger partial charge >= 0.3 is 0 Å². The van der Waals surface area contributed by atoms with Crippen LogP contribution in [0.2, 0.25) is 0 Å². The number of para-hydroxylation sites is 2. The van der Waals surface area contributed by atoms with E-state index in [1.165, 1.54) is 5.01 Å². The molecule has 32 heavy (non-hydrogen) atoms. The molecule has 0 saturated carbocycles. The van der Waals surface area contributed by atoms with Crippen LogP contribution in [0.5, 0.6) is 5.75 Å². The van der Waals surface area contributed by atoms with Gasteiger partial charge in [0, 0.05) is 5.69 Å². The van der Waals surface area contributed by atoms with Crippen LogP contribution >= 0.6 is 15.9 Å². The molecule has 1 N–H and O–H groups in total. The van der Waals surface area contributed by atoms with Crippen molar-refractivity contribution in [3.63, 3.8) is 0 Å². The largest absolute Gasteiger partial charge is 0.483 e. The van der Waals surface area contributed by atoms with Crippen LogP contribution in [-0.4, -0.2) is 24.1 Å². The number of halogens is 1. The molecule has 0 aliphatic carbocycles. The Balaban J connectivity index is 1.43. The lowest BCUT2D eigenvalue weighted by Crippen LogP contribution is -2.21. The summed E-state index contributed by atoms with van der Waals surface area (Å²) < 4.78 is 6.31. The van der Waals surface area contributed by atoms with Crippen LogP contribution in [0.25, 0.3) is 6.08 Å². The van der Waals surface area contributed by atoms with Gasteiger partial charge in [-0.1, -0.05) is 42.5 Å². The molecule has 160 valence electrons. The van der Waals surface area contributed by atoms with Crippen molar-refractivity contribution in [2.45, 2.75) is 6.92 Å². The molecule has 0 unspecified atom stereocenters. The lowest BCUT2D eigenvalue weighted by atomic mass is 10.1. The topological polar surface area (TPSA) is 71.0 Å². The normalized spacial score (nSPS) is 14.4. The number of nitrogens with zero attached hydrogens (tertiary/aromatic N) is 2. The van der Waals surface area contributed by atoms with E-state index < -0.39 is 0 Å². The van der Waals surface area contributed by atoms with Crippen molar-refractivity contribution in [1.29, 1.82) is 0 Å². The molecule has 0 bridgehead atoms. The number of carbonyl (C=O) groups excluding carboxylic acids is 2. The molecule has 4 rings (SSSR count). The van der Waals surface area contributed by atoms with E-state index in [1.807, 2.05) is 79.7 Å². The monoisotopic (exact) mass is 489 g/mol. The Kier molecular flexibility index (Phi) is 6.47. The summed E-state index contributed by atoms with van der Waals surface area (Å²) in [5.41, 5.74) is 3.42. The third-order valence-corrected chi connectivity index (χ3v) is 5.37. The molecule has 2 amide bonds. The van der Waals surface area contributed by atoms with Crippen molar-refractivity contribution >= 4 is 50.9 Å². The minimum absolute atomic E-state index is 0.121. The van der Waals surface area contributed by atoms with Gasteiger partial charge in [-0.2, -0.15) is 10.1 Å². The van der Waals surface area contributed by atoms with E-state index in [4.69, 9.17) is 4.74 Å². The van der Waals surface area contributed by atoms with Gasteiger partial charge in [-0.05, 0) is 70.9 Å². The molecular formula is C25H20BrN3O3. The zero-order valence-electron chi connectivity index (χ0n) is 17.3. The average molecular weight is 490 g/mol. The maximum atomic E-state index is 12.9. The summed E-state index contributed by atoms with van der Waals surface area (Å²) in [6, 6.07) is 23.9. The van der Waals surface area contributed by atoms with Crippen molar-refractivity contribution in [2.24, 2.45) is 5.10 Å². The molecule has 6 nitrogen and oxygen atoms in total. The standard InChI is InChI=1S/C25H20BrN3O3/c1-17-21(25(31)29(28-17)20-10-6-3-7-11-20)14-18-12-13-23(22(26)15-18)32-16-24(30)27-19-8-4-2-5-9-19/h2-15H,16H2,1H3,(H,27,30)/b21-14-. The number of ether oxygens (including phenoxy) is 1. The Morgan fingerprint density at radius 3 is 2.44 bits per heavy atom. The second kappa shape index (κ2) is 9.62. The molecule has 3 aromatic carbocycles. The maximum absolute atomic E-state index is 12.9. The maximum Gasteiger partial charge on any atom is 0.280 e. The first-order valence-electron chi connectivity index (χ1n) is 9.95. The Morgan fingerprint density at radius 2 is 1.75 bits per heavy atom. The summed E-state index contributed by atoms with van der Waals surface area (Å²) in [5, 5.41) is 8.57. The highest BCUT2D eigenvalue weighted by Crippen LogP contribution is 2.29. The van der Waals surface area contributed by atoms with E-state index in [1.54, 1.807) is 12.1 Å². The highest BCUT2D eigenvalue weighted by molar-refractivity contribution is 9.10. The van der Waals surface area contributed by atoms with Gasteiger partial charge in [-0.15, -0.1) is 0 Å². The zero-order chi connectivity index (χ0) is 22.5. The van der Waals surface area contributed by atoms with E-state index in [0.29, 0.717) is 27.2 Å². The fourth-order valence-electron chi connectivity index (χ4n) is 3.18. The van der Waals surface area contributed by atoms with Crippen LogP contribution in [0.3, 0.4) is 0 Å². The Morgan fingerprint density at radius 1 is 1.06 bits per heavy atom. The molecule has 1 aliphatic heterocycles. The molecule has 0 atom stereocenters. The van der Waals surface area contributed by atoms with E-state index in [-0.39, 0.29) is 18.4 Å².